The molecule has 1 atom stereocenters. The van der Waals surface area contributed by atoms with E-state index < -0.39 is 0 Å². The quantitative estimate of drug-likeness (QED) is 0.420. The predicted molar refractivity (Wildman–Crippen MR) is 143 cm³/mol. The molecule has 0 unspecified atom stereocenters. The number of nitrogens with one attached hydrogen (secondary N) is 2. The van der Waals surface area contributed by atoms with Gasteiger partial charge in [0.05, 0.1) is 0 Å². The van der Waals surface area contributed by atoms with Crippen LogP contribution in [0.15, 0.2) is 66.1 Å². The first kappa shape index (κ1) is 26.5. The van der Waals surface area contributed by atoms with Crippen LogP contribution in [0.2, 0.25) is 0 Å². The zero-order chi connectivity index (χ0) is 26.4. The summed E-state index contributed by atoms with van der Waals surface area (Å²) in [6.45, 7) is 11.7. The lowest BCUT2D eigenvalue weighted by Gasteiger charge is -2.18. The molecule has 3 rings (SSSR count). The maximum atomic E-state index is 12.9. The zero-order valence-electron chi connectivity index (χ0n) is 21.5. The van der Waals surface area contributed by atoms with Crippen LogP contribution in [0.5, 0.6) is 11.5 Å². The van der Waals surface area contributed by atoms with Gasteiger partial charge in [-0.3, -0.25) is 14.4 Å². The van der Waals surface area contributed by atoms with Crippen molar-refractivity contribution < 1.29 is 14.3 Å². The molecule has 7 heteroatoms. The first-order valence-electron chi connectivity index (χ1n) is 11.9. The lowest BCUT2D eigenvalue weighted by molar-refractivity contribution is -0.124. The highest BCUT2D eigenvalue weighted by Crippen LogP contribution is 2.38. The summed E-state index contributed by atoms with van der Waals surface area (Å²) in [6, 6.07) is 13.1. The van der Waals surface area contributed by atoms with E-state index in [9.17, 15) is 14.4 Å². The van der Waals surface area contributed by atoms with Gasteiger partial charge in [0.25, 0.3) is 5.56 Å². The van der Waals surface area contributed by atoms with Crippen LogP contribution in [-0.2, 0) is 23.1 Å². The molecule has 0 bridgehead atoms. The van der Waals surface area contributed by atoms with Gasteiger partial charge in [-0.15, -0.1) is 0 Å². The van der Waals surface area contributed by atoms with E-state index in [1.165, 1.54) is 10.6 Å². The van der Waals surface area contributed by atoms with Gasteiger partial charge in [0.2, 0.25) is 11.8 Å². The number of hydrogen-bond acceptors (Lipinski definition) is 4. The Morgan fingerprint density at radius 3 is 2.47 bits per heavy atom. The fourth-order valence-electron chi connectivity index (χ4n) is 4.03. The summed E-state index contributed by atoms with van der Waals surface area (Å²) in [7, 11) is 1.68. The lowest BCUT2D eigenvalue weighted by Crippen LogP contribution is -2.32. The molecule has 0 saturated heterocycles. The van der Waals surface area contributed by atoms with E-state index in [0.29, 0.717) is 35.5 Å². The van der Waals surface area contributed by atoms with Crippen molar-refractivity contribution in [1.29, 1.82) is 0 Å². The van der Waals surface area contributed by atoms with Crippen LogP contribution >= 0.6 is 0 Å². The van der Waals surface area contributed by atoms with Crippen molar-refractivity contribution >= 4 is 17.5 Å². The summed E-state index contributed by atoms with van der Waals surface area (Å²) in [5.41, 5.74) is 4.32. The van der Waals surface area contributed by atoms with Gasteiger partial charge in [0, 0.05) is 48.1 Å². The van der Waals surface area contributed by atoms with Crippen molar-refractivity contribution in [3.05, 3.63) is 88.4 Å². The SMILES string of the molecule is C=CC(=O)Nc1ccc(Oc2c(C)cccc2C)c(-c2cc(C[C@@H](C)C(=O)NCC)c(=O)n(C)c2)c1. The number of anilines is 1. The number of hydrogen-bond donors (Lipinski definition) is 2. The van der Waals surface area contributed by atoms with E-state index in [0.717, 1.165) is 22.4 Å². The molecule has 3 aromatic rings. The minimum Gasteiger partial charge on any atom is -0.456 e. The lowest BCUT2D eigenvalue weighted by atomic mass is 9.97. The highest BCUT2D eigenvalue weighted by Gasteiger charge is 2.18. The third-order valence-electron chi connectivity index (χ3n) is 5.95. The van der Waals surface area contributed by atoms with Crippen molar-refractivity contribution in [2.75, 3.05) is 11.9 Å². The van der Waals surface area contributed by atoms with E-state index in [2.05, 4.69) is 17.2 Å². The molecule has 2 aromatic carbocycles. The molecule has 0 aliphatic carbocycles. The van der Waals surface area contributed by atoms with Gasteiger partial charge in [-0.1, -0.05) is 31.7 Å². The molecular weight excluding hydrogens is 454 g/mol. The Morgan fingerprint density at radius 1 is 1.14 bits per heavy atom. The van der Waals surface area contributed by atoms with Crippen molar-refractivity contribution in [1.82, 2.24) is 9.88 Å². The summed E-state index contributed by atoms with van der Waals surface area (Å²) in [6.07, 6.45) is 3.23. The first-order chi connectivity index (χ1) is 17.1. The van der Waals surface area contributed by atoms with Gasteiger partial charge in [-0.25, -0.2) is 0 Å². The van der Waals surface area contributed by atoms with Gasteiger partial charge >= 0.3 is 0 Å². The molecule has 0 radical (unpaired) electrons. The van der Waals surface area contributed by atoms with E-state index in [4.69, 9.17) is 4.74 Å². The molecule has 188 valence electrons. The summed E-state index contributed by atoms with van der Waals surface area (Å²) >= 11 is 0. The van der Waals surface area contributed by atoms with Gasteiger partial charge in [-0.2, -0.15) is 0 Å². The number of para-hydroxylation sites is 1. The van der Waals surface area contributed by atoms with Gasteiger partial charge in [0.1, 0.15) is 11.5 Å². The maximum Gasteiger partial charge on any atom is 0.253 e. The normalized spacial score (nSPS) is 11.5. The second-order valence-corrected chi connectivity index (χ2v) is 8.90. The average molecular weight is 488 g/mol. The first-order valence-corrected chi connectivity index (χ1v) is 11.9. The molecule has 1 heterocycles. The smallest absolute Gasteiger partial charge is 0.253 e. The Morgan fingerprint density at radius 2 is 1.83 bits per heavy atom. The van der Waals surface area contributed by atoms with Crippen LogP contribution in [0.25, 0.3) is 11.1 Å². The molecule has 0 aliphatic heterocycles. The number of nitrogens with zero attached hydrogens (tertiary/aromatic N) is 1. The molecule has 1 aromatic heterocycles. The fourth-order valence-corrected chi connectivity index (χ4v) is 4.03. The molecule has 2 N–H and O–H groups in total. The number of carbonyl (C=O) groups excluding carboxylic acids is 2. The molecular formula is C29H33N3O4. The van der Waals surface area contributed by atoms with Crippen LogP contribution in [-0.4, -0.2) is 22.9 Å². The summed E-state index contributed by atoms with van der Waals surface area (Å²) < 4.78 is 7.90. The summed E-state index contributed by atoms with van der Waals surface area (Å²) in [5, 5.41) is 5.59. The van der Waals surface area contributed by atoms with E-state index in [1.807, 2.05) is 39.0 Å². The van der Waals surface area contributed by atoms with Crippen LogP contribution in [0.1, 0.15) is 30.5 Å². The number of aromatic nitrogens is 1. The van der Waals surface area contributed by atoms with Crippen molar-refractivity contribution in [2.24, 2.45) is 13.0 Å². The molecule has 0 fully saturated rings. The third-order valence-corrected chi connectivity index (χ3v) is 5.95. The number of carbonyl (C=O) groups is 2. The number of ether oxygens (including phenoxy) is 1. The van der Waals surface area contributed by atoms with Gasteiger partial charge in [0.15, 0.2) is 0 Å². The molecule has 0 saturated carbocycles. The predicted octanol–water partition coefficient (Wildman–Crippen LogP) is 4.90. The summed E-state index contributed by atoms with van der Waals surface area (Å²) in [4.78, 5) is 37.2. The Kier molecular flexibility index (Phi) is 8.48. The highest BCUT2D eigenvalue weighted by molar-refractivity contribution is 5.99. The molecule has 2 amide bonds. The van der Waals surface area contributed by atoms with E-state index in [1.54, 1.807) is 44.4 Å². The topological polar surface area (TPSA) is 89.4 Å². The number of aryl methyl sites for hydroxylation is 3. The number of amides is 2. The zero-order valence-corrected chi connectivity index (χ0v) is 21.5. The Balaban J connectivity index is 2.13. The molecule has 7 nitrogen and oxygen atoms in total. The van der Waals surface area contributed by atoms with Crippen LogP contribution < -0.4 is 20.9 Å². The minimum atomic E-state index is -0.364. The summed E-state index contributed by atoms with van der Waals surface area (Å²) in [5.74, 6) is 0.526. The van der Waals surface area contributed by atoms with Crippen molar-refractivity contribution in [3.8, 4) is 22.6 Å². The van der Waals surface area contributed by atoms with Crippen molar-refractivity contribution in [2.45, 2.75) is 34.1 Å². The van der Waals surface area contributed by atoms with Crippen LogP contribution in [0.3, 0.4) is 0 Å². The number of benzene rings is 2. The van der Waals surface area contributed by atoms with E-state index >= 15 is 0 Å². The maximum absolute atomic E-state index is 12.9. The van der Waals surface area contributed by atoms with E-state index in [-0.39, 0.29) is 23.3 Å². The Bertz CT molecular complexity index is 1340. The third kappa shape index (κ3) is 6.10. The second kappa shape index (κ2) is 11.5. The molecule has 0 aliphatic rings. The number of rotatable bonds is 9. The highest BCUT2D eigenvalue weighted by atomic mass is 16.5. The van der Waals surface area contributed by atoms with Gasteiger partial charge in [-0.05, 0) is 68.7 Å². The molecule has 36 heavy (non-hydrogen) atoms. The Labute approximate surface area is 211 Å². The Hall–Kier alpha value is -4.13. The van der Waals surface area contributed by atoms with Crippen LogP contribution in [0, 0.1) is 19.8 Å². The van der Waals surface area contributed by atoms with Crippen molar-refractivity contribution in [3.63, 3.8) is 0 Å². The fraction of sp³-hybridized carbons (Fsp3) is 0.276. The monoisotopic (exact) mass is 487 g/mol. The largest absolute Gasteiger partial charge is 0.456 e. The van der Waals surface area contributed by atoms with Gasteiger partial charge < -0.3 is 19.9 Å². The second-order valence-electron chi connectivity index (χ2n) is 8.90. The minimum absolute atomic E-state index is 0.0989. The molecule has 0 spiro atoms. The standard InChI is InChI=1S/C29H33N3O4/c1-7-26(33)31-23-12-13-25(36-27-18(3)10-9-11-19(27)4)24(16-23)22-15-21(29(35)32(6)17-22)14-20(5)28(34)30-8-2/h7,9-13,15-17,20H,1,8,14H2,2-6H3,(H,30,34)(H,31,33)/t20-/m1/s1. The number of pyridine rings is 1. The van der Waals surface area contributed by atoms with Crippen LogP contribution in [0.4, 0.5) is 5.69 Å². The average Bonchev–Trinajstić information content (AvgIpc) is 2.84.